The van der Waals surface area contributed by atoms with E-state index in [1.54, 1.807) is 0 Å². The van der Waals surface area contributed by atoms with Crippen LogP contribution in [0.25, 0.3) is 0 Å². The predicted octanol–water partition coefficient (Wildman–Crippen LogP) is 1.14. The van der Waals surface area contributed by atoms with Crippen LogP contribution in [0.4, 0.5) is 11.4 Å². The number of likely N-dealkylation sites (tertiary alicyclic amines) is 1. The quantitative estimate of drug-likeness (QED) is 0.355. The summed E-state index contributed by atoms with van der Waals surface area (Å²) in [5.41, 5.74) is 1.58. The molecule has 1 amide bonds. The van der Waals surface area contributed by atoms with E-state index in [4.69, 9.17) is 0 Å². The molecule has 6 heterocycles. The van der Waals surface area contributed by atoms with Crippen molar-refractivity contribution in [3.8, 4) is 0 Å². The van der Waals surface area contributed by atoms with Crippen LogP contribution in [0.1, 0.15) is 39.0 Å². The minimum atomic E-state index is -0.774. The molecular formula is C30H46N8O2. The van der Waals surface area contributed by atoms with Crippen LogP contribution in [0.2, 0.25) is 0 Å². The number of hydrazine groups is 1. The summed E-state index contributed by atoms with van der Waals surface area (Å²) in [4.78, 5) is 18.6. The molecule has 6 aliphatic heterocycles. The summed E-state index contributed by atoms with van der Waals surface area (Å²) < 4.78 is 0. The number of carbonyl (C=O) groups excluding carboxylic acids is 1. The Morgan fingerprint density at radius 2 is 1.80 bits per heavy atom. The zero-order valence-electron chi connectivity index (χ0n) is 23.9. The van der Waals surface area contributed by atoms with Crippen molar-refractivity contribution < 1.29 is 9.90 Å². The van der Waals surface area contributed by atoms with E-state index in [0.717, 1.165) is 62.7 Å². The number of piperidine rings is 1. The van der Waals surface area contributed by atoms with E-state index in [9.17, 15) is 9.90 Å². The van der Waals surface area contributed by atoms with E-state index < -0.39 is 5.60 Å². The largest absolute Gasteiger partial charge is 0.389 e. The fourth-order valence-corrected chi connectivity index (χ4v) is 8.11. The molecule has 8 atom stereocenters. The number of benzene rings is 1. The van der Waals surface area contributed by atoms with Gasteiger partial charge in [-0.05, 0) is 82.2 Å². The highest BCUT2D eigenvalue weighted by Gasteiger charge is 2.52. The van der Waals surface area contributed by atoms with Crippen LogP contribution in [-0.4, -0.2) is 103 Å². The Bertz CT molecular complexity index is 1100. The number of fused-ring (bicyclic) bond motifs is 7. The first-order valence-electron chi connectivity index (χ1n) is 15.4. The highest BCUT2D eigenvalue weighted by molar-refractivity contribution is 5.82. The Morgan fingerprint density at radius 3 is 2.58 bits per heavy atom. The molecule has 5 saturated heterocycles. The van der Waals surface area contributed by atoms with Crippen LogP contribution in [0.5, 0.6) is 0 Å². The van der Waals surface area contributed by atoms with Crippen LogP contribution >= 0.6 is 0 Å². The smallest absolute Gasteiger partial charge is 0.244 e. The lowest BCUT2D eigenvalue weighted by atomic mass is 9.85. The van der Waals surface area contributed by atoms with Crippen molar-refractivity contribution in [1.29, 1.82) is 0 Å². The van der Waals surface area contributed by atoms with Gasteiger partial charge in [-0.25, -0.2) is 0 Å². The molecule has 5 N–H and O–H groups in total. The number of anilines is 2. The maximum Gasteiger partial charge on any atom is 0.244 e. The zero-order chi connectivity index (χ0) is 27.4. The third-order valence-electron chi connectivity index (χ3n) is 10.3. The molecule has 7 rings (SSSR count). The van der Waals surface area contributed by atoms with Crippen molar-refractivity contribution in [2.45, 2.75) is 69.3 Å². The second-order valence-electron chi connectivity index (χ2n) is 13.2. The Balaban J connectivity index is 1.04. The molecular weight excluding hydrogens is 504 g/mol. The number of nitrogens with zero attached hydrogens (tertiary/aromatic N) is 4. The Labute approximate surface area is 238 Å². The summed E-state index contributed by atoms with van der Waals surface area (Å²) in [7, 11) is 2.24. The SMILES string of the molecule is CN1CC2CN(c3ccc(NC4NCC5C(=O)N6C/C=C\CC[C@](C)(O)C7CCCC(N7)N6C5N4)cc3)CC2C1. The Morgan fingerprint density at radius 1 is 1.02 bits per heavy atom. The number of hydrogen-bond acceptors (Lipinski definition) is 9. The first-order valence-corrected chi connectivity index (χ1v) is 15.4. The second kappa shape index (κ2) is 10.6. The van der Waals surface area contributed by atoms with E-state index in [2.05, 4.69) is 79.5 Å². The molecule has 0 saturated carbocycles. The minimum Gasteiger partial charge on any atom is -0.389 e. The van der Waals surface area contributed by atoms with Crippen LogP contribution in [0.15, 0.2) is 36.4 Å². The van der Waals surface area contributed by atoms with Crippen molar-refractivity contribution in [2.75, 3.05) is 56.5 Å². The molecule has 0 spiro atoms. The van der Waals surface area contributed by atoms with E-state index in [1.165, 1.54) is 18.8 Å². The molecule has 2 bridgehead atoms. The van der Waals surface area contributed by atoms with Gasteiger partial charge in [0.25, 0.3) is 0 Å². The topological polar surface area (TPSA) is 98.4 Å². The van der Waals surface area contributed by atoms with Crippen molar-refractivity contribution in [1.82, 2.24) is 30.9 Å². The summed E-state index contributed by atoms with van der Waals surface area (Å²) in [5, 5.41) is 30.0. The number of amides is 1. The molecule has 10 heteroatoms. The first-order chi connectivity index (χ1) is 19.4. The Kier molecular flexibility index (Phi) is 7.04. The van der Waals surface area contributed by atoms with Crippen LogP contribution < -0.4 is 26.2 Å². The van der Waals surface area contributed by atoms with Crippen molar-refractivity contribution in [3.05, 3.63) is 36.4 Å². The maximum atomic E-state index is 13.6. The predicted molar refractivity (Wildman–Crippen MR) is 156 cm³/mol. The van der Waals surface area contributed by atoms with Crippen LogP contribution in [0.3, 0.4) is 0 Å². The van der Waals surface area contributed by atoms with Gasteiger partial charge in [0.1, 0.15) is 6.29 Å². The second-order valence-corrected chi connectivity index (χ2v) is 13.2. The fourth-order valence-electron chi connectivity index (χ4n) is 8.11. The van der Waals surface area contributed by atoms with Gasteiger partial charge in [0.05, 0.1) is 30.4 Å². The summed E-state index contributed by atoms with van der Waals surface area (Å²) in [5.74, 6) is 1.58. The molecule has 10 nitrogen and oxygen atoms in total. The third kappa shape index (κ3) is 4.92. The number of nitrogens with one attached hydrogen (secondary N) is 4. The molecule has 6 aliphatic rings. The number of hydrogen-bond donors (Lipinski definition) is 5. The van der Waals surface area contributed by atoms with E-state index in [1.807, 2.05) is 11.9 Å². The maximum absolute atomic E-state index is 13.6. The Hall–Kier alpha value is -2.21. The van der Waals surface area contributed by atoms with Gasteiger partial charge in [0, 0.05) is 50.1 Å². The highest BCUT2D eigenvalue weighted by Crippen LogP contribution is 2.35. The van der Waals surface area contributed by atoms with Gasteiger partial charge in [0.15, 0.2) is 0 Å². The average molecular weight is 551 g/mol. The summed E-state index contributed by atoms with van der Waals surface area (Å²) in [6.45, 7) is 7.86. The fraction of sp³-hybridized carbons (Fsp3) is 0.700. The number of carbonyl (C=O) groups is 1. The minimum absolute atomic E-state index is 0.000880. The number of rotatable bonds is 3. The van der Waals surface area contributed by atoms with Gasteiger partial charge in [-0.15, -0.1) is 0 Å². The lowest BCUT2D eigenvalue weighted by Gasteiger charge is -2.47. The van der Waals surface area contributed by atoms with E-state index in [0.29, 0.717) is 13.1 Å². The lowest BCUT2D eigenvalue weighted by Crippen LogP contribution is -2.69. The molecule has 1 aromatic carbocycles. The van der Waals surface area contributed by atoms with Crippen LogP contribution in [-0.2, 0) is 4.79 Å². The lowest BCUT2D eigenvalue weighted by molar-refractivity contribution is -0.146. The van der Waals surface area contributed by atoms with Gasteiger partial charge in [0.2, 0.25) is 5.91 Å². The summed E-state index contributed by atoms with van der Waals surface area (Å²) in [6, 6.07) is 8.82. The molecule has 1 aromatic rings. The first kappa shape index (κ1) is 26.7. The zero-order valence-corrected chi connectivity index (χ0v) is 23.9. The van der Waals surface area contributed by atoms with Gasteiger partial charge in [-0.2, -0.15) is 5.01 Å². The number of allylic oxidation sites excluding steroid dienone is 1. The molecule has 5 fully saturated rings. The normalized spacial score (nSPS) is 41.3. The third-order valence-corrected chi connectivity index (χ3v) is 10.3. The molecule has 0 radical (unpaired) electrons. The molecule has 0 aromatic heterocycles. The van der Waals surface area contributed by atoms with Crippen LogP contribution in [0, 0.1) is 17.8 Å². The highest BCUT2D eigenvalue weighted by atomic mass is 16.3. The molecule has 7 unspecified atom stereocenters. The molecule has 218 valence electrons. The summed E-state index contributed by atoms with van der Waals surface area (Å²) >= 11 is 0. The van der Waals surface area contributed by atoms with Crippen molar-refractivity contribution >= 4 is 17.3 Å². The van der Waals surface area contributed by atoms with Gasteiger partial charge in [-0.3, -0.25) is 25.8 Å². The van der Waals surface area contributed by atoms with Crippen molar-refractivity contribution in [3.63, 3.8) is 0 Å². The van der Waals surface area contributed by atoms with Crippen molar-refractivity contribution in [2.24, 2.45) is 17.8 Å². The van der Waals surface area contributed by atoms with Gasteiger partial charge in [-0.1, -0.05) is 12.2 Å². The molecule has 0 aliphatic carbocycles. The monoisotopic (exact) mass is 550 g/mol. The standard InChI is InChI=1S/C30H46N8O2/c1-30(40)13-4-3-5-14-37-28(39)24-15-31-29(34-27(24)38(37)26-8-6-7-25(30)33-26)32-22-9-11-23(12-10-22)36-18-20-16-35(2)17-21(20)19-36/h3,5,9-12,20-21,24-27,29,31-34,40H,4,6-8,13-19H2,1-2H3/b5-3-/t20?,21?,24?,25?,26?,27?,29?,30-/m0/s1. The molecule has 40 heavy (non-hydrogen) atoms. The van der Waals surface area contributed by atoms with E-state index in [-0.39, 0.29) is 36.5 Å². The van der Waals surface area contributed by atoms with E-state index >= 15 is 0 Å². The number of aliphatic hydroxyl groups is 1. The average Bonchev–Trinajstić information content (AvgIpc) is 3.57. The van der Waals surface area contributed by atoms with Gasteiger partial charge >= 0.3 is 0 Å². The van der Waals surface area contributed by atoms with Gasteiger partial charge < -0.3 is 20.2 Å². The summed E-state index contributed by atoms with van der Waals surface area (Å²) in [6.07, 6.45) is 8.39.